The fraction of sp³-hybridized carbons (Fsp3) is 0.227. The lowest BCUT2D eigenvalue weighted by molar-refractivity contribution is 0.0797. The topological polar surface area (TPSA) is 87.3 Å². The summed E-state index contributed by atoms with van der Waals surface area (Å²) in [6.07, 6.45) is 3.91. The van der Waals surface area contributed by atoms with Crippen LogP contribution in [0.4, 0.5) is 0 Å². The Morgan fingerprint density at radius 2 is 2.03 bits per heavy atom. The highest BCUT2D eigenvalue weighted by Gasteiger charge is 2.22. The minimum Gasteiger partial charge on any atom is -0.382 e. The smallest absolute Gasteiger partial charge is 0.255 e. The highest BCUT2D eigenvalue weighted by atomic mass is 79.9. The lowest BCUT2D eigenvalue weighted by Gasteiger charge is -2.18. The molecule has 2 heterocycles. The molecule has 1 unspecified atom stereocenters. The highest BCUT2D eigenvalue weighted by molar-refractivity contribution is 9.10. The molecular weight excluding hydrogens is 484 g/mol. The van der Waals surface area contributed by atoms with E-state index < -0.39 is 6.04 Å². The van der Waals surface area contributed by atoms with Crippen LogP contribution >= 0.6 is 27.5 Å². The van der Waals surface area contributed by atoms with Crippen LogP contribution in [0.5, 0.6) is 0 Å². The predicted molar refractivity (Wildman–Crippen MR) is 122 cm³/mol. The van der Waals surface area contributed by atoms with Crippen LogP contribution in [0.25, 0.3) is 11.0 Å². The predicted octanol–water partition coefficient (Wildman–Crippen LogP) is 4.11. The first-order chi connectivity index (χ1) is 15.0. The average molecular weight is 504 g/mol. The summed E-state index contributed by atoms with van der Waals surface area (Å²) >= 11 is 9.47. The van der Waals surface area contributed by atoms with Gasteiger partial charge in [-0.15, -0.1) is 0 Å². The molecule has 7 nitrogen and oxygen atoms in total. The molecule has 31 heavy (non-hydrogen) atoms. The lowest BCUT2D eigenvalue weighted by Crippen LogP contribution is -2.32. The van der Waals surface area contributed by atoms with Crippen molar-refractivity contribution in [1.82, 2.24) is 20.2 Å². The van der Waals surface area contributed by atoms with Crippen molar-refractivity contribution in [1.29, 1.82) is 0 Å². The number of methoxy groups -OCH3 is 1. The summed E-state index contributed by atoms with van der Waals surface area (Å²) in [5, 5.41) is 3.53. The second-order valence-corrected chi connectivity index (χ2v) is 8.43. The Balaban J connectivity index is 1.53. The normalized spacial score (nSPS) is 14.2. The zero-order valence-corrected chi connectivity index (χ0v) is 19.0. The zero-order chi connectivity index (χ0) is 22.0. The molecule has 2 aromatic carbocycles. The van der Waals surface area contributed by atoms with E-state index in [0.29, 0.717) is 45.1 Å². The van der Waals surface area contributed by atoms with Gasteiger partial charge in [-0.05, 0) is 52.3 Å². The van der Waals surface area contributed by atoms with Crippen LogP contribution in [0.2, 0.25) is 5.02 Å². The molecule has 2 N–H and O–H groups in total. The van der Waals surface area contributed by atoms with E-state index >= 15 is 0 Å². The maximum Gasteiger partial charge on any atom is 0.255 e. The van der Waals surface area contributed by atoms with Crippen LogP contribution in [0.15, 0.2) is 53.0 Å². The number of ether oxygens (including phenoxy) is 1. The van der Waals surface area contributed by atoms with Crippen molar-refractivity contribution in [2.45, 2.75) is 6.04 Å². The number of rotatable bonds is 6. The van der Waals surface area contributed by atoms with E-state index in [1.54, 1.807) is 42.3 Å². The van der Waals surface area contributed by atoms with Gasteiger partial charge in [0, 0.05) is 35.3 Å². The Hall–Kier alpha value is -2.68. The molecule has 0 aliphatic carbocycles. The maximum absolute atomic E-state index is 12.9. The molecule has 0 fully saturated rings. The number of aromatic nitrogens is 2. The number of nitrogens with one attached hydrogen (secondary N) is 2. The monoisotopic (exact) mass is 502 g/mol. The van der Waals surface area contributed by atoms with Gasteiger partial charge >= 0.3 is 0 Å². The van der Waals surface area contributed by atoms with E-state index in [9.17, 15) is 9.59 Å². The first kappa shape index (κ1) is 21.5. The third kappa shape index (κ3) is 4.66. The molecule has 3 aromatic rings. The number of carbonyl (C=O) groups excluding carboxylic acids is 2. The molecule has 0 spiro atoms. The molecule has 1 aliphatic rings. The van der Waals surface area contributed by atoms with E-state index in [-0.39, 0.29) is 18.4 Å². The number of benzene rings is 2. The van der Waals surface area contributed by atoms with Gasteiger partial charge in [-0.2, -0.15) is 0 Å². The Morgan fingerprint density at radius 1 is 1.26 bits per heavy atom. The first-order valence-corrected chi connectivity index (χ1v) is 10.8. The molecule has 0 saturated carbocycles. The minimum atomic E-state index is -0.487. The quantitative estimate of drug-likeness (QED) is 0.496. The number of aromatic amines is 1. The van der Waals surface area contributed by atoms with Crippen molar-refractivity contribution in [2.75, 3.05) is 26.8 Å². The van der Waals surface area contributed by atoms with Gasteiger partial charge in [-0.1, -0.05) is 23.8 Å². The summed E-state index contributed by atoms with van der Waals surface area (Å²) in [5.74, 6) is 0.185. The van der Waals surface area contributed by atoms with E-state index in [4.69, 9.17) is 16.3 Å². The third-order valence-corrected chi connectivity index (χ3v) is 5.89. The summed E-state index contributed by atoms with van der Waals surface area (Å²) < 4.78 is 5.85. The standard InChI is InChI=1S/C22H20BrClN4O3/c1-31-12-19(20-25-17-7-5-14(24)11-18(17)26-20)27-21(29)13-4-6-15(16(23)10-13)22(30)28-8-2-3-9-28/h2-7,10-11,19H,8-9,12H2,1H3,(H,25,26)(H,27,29). The molecular formula is C22H20BrClN4O3. The number of hydrogen-bond acceptors (Lipinski definition) is 4. The largest absolute Gasteiger partial charge is 0.382 e. The maximum atomic E-state index is 12.9. The van der Waals surface area contributed by atoms with Crippen LogP contribution in [0.3, 0.4) is 0 Å². The van der Waals surface area contributed by atoms with Crippen molar-refractivity contribution >= 4 is 50.4 Å². The van der Waals surface area contributed by atoms with Crippen LogP contribution in [-0.2, 0) is 4.74 Å². The van der Waals surface area contributed by atoms with E-state index in [2.05, 4.69) is 31.2 Å². The molecule has 4 rings (SSSR count). The second kappa shape index (κ2) is 9.21. The van der Waals surface area contributed by atoms with Crippen LogP contribution in [-0.4, -0.2) is 53.5 Å². The van der Waals surface area contributed by atoms with Crippen molar-refractivity contribution in [2.24, 2.45) is 0 Å². The van der Waals surface area contributed by atoms with Crippen LogP contribution in [0, 0.1) is 0 Å². The molecule has 0 bridgehead atoms. The number of imidazole rings is 1. The number of amides is 2. The van der Waals surface area contributed by atoms with Gasteiger partial charge in [-0.3, -0.25) is 9.59 Å². The van der Waals surface area contributed by atoms with Gasteiger partial charge < -0.3 is 19.9 Å². The third-order valence-electron chi connectivity index (χ3n) is 5.00. The van der Waals surface area contributed by atoms with Gasteiger partial charge in [0.1, 0.15) is 11.9 Å². The van der Waals surface area contributed by atoms with E-state index in [0.717, 1.165) is 5.52 Å². The average Bonchev–Trinajstić information content (AvgIpc) is 3.42. The van der Waals surface area contributed by atoms with E-state index in [1.165, 1.54) is 0 Å². The summed E-state index contributed by atoms with van der Waals surface area (Å²) in [5.41, 5.74) is 2.46. The number of halogens is 2. The van der Waals surface area contributed by atoms with Crippen LogP contribution in [0.1, 0.15) is 32.6 Å². The molecule has 0 saturated heterocycles. The van der Waals surface area contributed by atoms with Gasteiger partial charge in [0.15, 0.2) is 0 Å². The molecule has 1 aromatic heterocycles. The molecule has 2 amide bonds. The Bertz CT molecular complexity index is 1170. The van der Waals surface area contributed by atoms with E-state index in [1.807, 2.05) is 18.2 Å². The summed E-state index contributed by atoms with van der Waals surface area (Å²) in [6.45, 7) is 1.42. The zero-order valence-electron chi connectivity index (χ0n) is 16.7. The highest BCUT2D eigenvalue weighted by Crippen LogP contribution is 2.23. The number of fused-ring (bicyclic) bond motifs is 1. The van der Waals surface area contributed by atoms with Gasteiger partial charge in [0.2, 0.25) is 0 Å². The lowest BCUT2D eigenvalue weighted by atomic mass is 10.1. The van der Waals surface area contributed by atoms with Gasteiger partial charge in [-0.25, -0.2) is 4.98 Å². The Labute approximate surface area is 192 Å². The van der Waals surface area contributed by atoms with Crippen molar-refractivity contribution in [3.05, 3.63) is 75.0 Å². The number of nitrogens with zero attached hydrogens (tertiary/aromatic N) is 2. The molecule has 0 radical (unpaired) electrons. The fourth-order valence-electron chi connectivity index (χ4n) is 3.40. The summed E-state index contributed by atoms with van der Waals surface area (Å²) in [4.78, 5) is 35.0. The van der Waals surface area contributed by atoms with Crippen molar-refractivity contribution < 1.29 is 14.3 Å². The summed E-state index contributed by atoms with van der Waals surface area (Å²) in [7, 11) is 1.56. The molecule has 160 valence electrons. The van der Waals surface area contributed by atoms with Gasteiger partial charge in [0.25, 0.3) is 11.8 Å². The molecule has 1 atom stereocenters. The molecule has 1 aliphatic heterocycles. The van der Waals surface area contributed by atoms with Crippen molar-refractivity contribution in [3.63, 3.8) is 0 Å². The SMILES string of the molecule is COCC(NC(=O)c1ccc(C(=O)N2CC=CC2)c(Br)c1)c1nc2cc(Cl)ccc2[nH]1. The fourth-order valence-corrected chi connectivity index (χ4v) is 4.12. The minimum absolute atomic E-state index is 0.0815. The van der Waals surface area contributed by atoms with Gasteiger partial charge in [0.05, 0.1) is 23.2 Å². The van der Waals surface area contributed by atoms with Crippen LogP contribution < -0.4 is 5.32 Å². The number of carbonyl (C=O) groups is 2. The summed E-state index contributed by atoms with van der Waals surface area (Å²) in [6, 6.07) is 9.82. The van der Waals surface area contributed by atoms with Crippen molar-refractivity contribution in [3.8, 4) is 0 Å². The molecule has 9 heteroatoms. The number of hydrogen-bond donors (Lipinski definition) is 2. The number of H-pyrrole nitrogens is 1. The second-order valence-electron chi connectivity index (χ2n) is 7.14. The first-order valence-electron chi connectivity index (χ1n) is 9.65. The Kier molecular flexibility index (Phi) is 6.41. The Morgan fingerprint density at radius 3 is 2.74 bits per heavy atom.